The lowest BCUT2D eigenvalue weighted by Crippen LogP contribution is -2.45. The van der Waals surface area contributed by atoms with Crippen molar-refractivity contribution in [2.24, 2.45) is 0 Å². The van der Waals surface area contributed by atoms with Crippen molar-refractivity contribution >= 4 is 34.6 Å². The Balaban J connectivity index is 1.53. The maximum Gasteiger partial charge on any atom is 0.239 e. The maximum atomic E-state index is 12.4. The fraction of sp³-hybridized carbons (Fsp3) is 0.455. The van der Waals surface area contributed by atoms with E-state index in [0.29, 0.717) is 11.2 Å². The van der Waals surface area contributed by atoms with Gasteiger partial charge >= 0.3 is 0 Å². The van der Waals surface area contributed by atoms with E-state index in [1.807, 2.05) is 18.2 Å². The molecule has 1 heterocycles. The summed E-state index contributed by atoms with van der Waals surface area (Å²) in [4.78, 5) is 15.7. The summed E-state index contributed by atoms with van der Waals surface area (Å²) in [5, 5.41) is 9.04. The van der Waals surface area contributed by atoms with Gasteiger partial charge in [0.1, 0.15) is 0 Å². The molecule has 1 aliphatic rings. The average Bonchev–Trinajstić information content (AvgIpc) is 3.09. The van der Waals surface area contributed by atoms with E-state index >= 15 is 0 Å². The summed E-state index contributed by atoms with van der Waals surface area (Å²) in [5.74, 6) is 0.0324. The van der Waals surface area contributed by atoms with E-state index in [0.717, 1.165) is 25.9 Å². The molecule has 4 nitrogen and oxygen atoms in total. The largest absolute Gasteiger partial charge is 0.353 e. The summed E-state index contributed by atoms with van der Waals surface area (Å²) < 4.78 is 0. The second kappa shape index (κ2) is 11.2. The zero-order valence-electron chi connectivity index (χ0n) is 16.2. The van der Waals surface area contributed by atoms with Crippen molar-refractivity contribution < 1.29 is 4.79 Å². The lowest BCUT2D eigenvalue weighted by molar-refractivity contribution is -0.120. The van der Waals surface area contributed by atoms with Crippen LogP contribution in [-0.2, 0) is 17.9 Å². The minimum Gasteiger partial charge on any atom is -0.353 e. The van der Waals surface area contributed by atoms with E-state index in [9.17, 15) is 4.79 Å². The molecule has 0 aliphatic heterocycles. The van der Waals surface area contributed by atoms with E-state index in [1.165, 1.54) is 36.1 Å². The van der Waals surface area contributed by atoms with E-state index in [4.69, 9.17) is 12.2 Å². The summed E-state index contributed by atoms with van der Waals surface area (Å²) >= 11 is 7.35. The van der Waals surface area contributed by atoms with Crippen LogP contribution in [0.4, 0.5) is 0 Å². The third-order valence-electron chi connectivity index (χ3n) is 5.05. The third kappa shape index (κ3) is 6.91. The molecule has 6 heteroatoms. The highest BCUT2D eigenvalue weighted by Crippen LogP contribution is 2.17. The van der Waals surface area contributed by atoms with Crippen molar-refractivity contribution in [2.45, 2.75) is 57.7 Å². The van der Waals surface area contributed by atoms with Gasteiger partial charge in [0.05, 0.1) is 13.1 Å². The summed E-state index contributed by atoms with van der Waals surface area (Å²) in [5.41, 5.74) is 1.20. The number of carbonyl (C=O) groups is 1. The van der Waals surface area contributed by atoms with Crippen LogP contribution in [0.25, 0.3) is 0 Å². The van der Waals surface area contributed by atoms with Gasteiger partial charge < -0.3 is 15.5 Å². The molecular formula is C22H29N3OS2. The van der Waals surface area contributed by atoms with E-state index in [1.54, 1.807) is 11.3 Å². The third-order valence-corrected chi connectivity index (χ3v) is 6.31. The molecule has 1 aliphatic carbocycles. The Morgan fingerprint density at radius 2 is 1.79 bits per heavy atom. The summed E-state index contributed by atoms with van der Waals surface area (Å²) in [6.07, 6.45) is 7.17. The Morgan fingerprint density at radius 3 is 2.46 bits per heavy atom. The normalized spacial score (nSPS) is 14.9. The predicted octanol–water partition coefficient (Wildman–Crippen LogP) is 4.46. The molecule has 0 unspecified atom stereocenters. The molecule has 1 amide bonds. The molecule has 28 heavy (non-hydrogen) atoms. The van der Waals surface area contributed by atoms with Crippen molar-refractivity contribution in [3.05, 3.63) is 58.3 Å². The average molecular weight is 416 g/mol. The molecule has 0 radical (unpaired) electrons. The van der Waals surface area contributed by atoms with Crippen molar-refractivity contribution in [1.82, 2.24) is 15.5 Å². The number of thiophene rings is 1. The van der Waals surface area contributed by atoms with Crippen LogP contribution in [-0.4, -0.2) is 28.5 Å². The second-order valence-corrected chi connectivity index (χ2v) is 8.75. The Kier molecular flexibility index (Phi) is 8.30. The minimum atomic E-state index is 0.0324. The molecule has 3 rings (SSSR count). The lowest BCUT2D eigenvalue weighted by Gasteiger charge is -2.26. The first-order valence-electron chi connectivity index (χ1n) is 10.1. The number of nitrogens with zero attached hydrogens (tertiary/aromatic N) is 1. The predicted molar refractivity (Wildman–Crippen MR) is 120 cm³/mol. The quantitative estimate of drug-likeness (QED) is 0.517. The molecule has 1 fully saturated rings. The van der Waals surface area contributed by atoms with Crippen LogP contribution in [0.1, 0.15) is 49.0 Å². The Hall–Kier alpha value is -1.92. The van der Waals surface area contributed by atoms with E-state index in [-0.39, 0.29) is 12.5 Å². The summed E-state index contributed by atoms with van der Waals surface area (Å²) in [7, 11) is 0. The van der Waals surface area contributed by atoms with Gasteiger partial charge in [-0.2, -0.15) is 0 Å². The SMILES string of the molecule is O=C(CNC(=S)N(Cc1ccccc1)Cc1cccs1)NC1CCCCCC1. The van der Waals surface area contributed by atoms with Crippen LogP contribution in [0.5, 0.6) is 0 Å². The van der Waals surface area contributed by atoms with Gasteiger partial charge in [0.25, 0.3) is 0 Å². The van der Waals surface area contributed by atoms with Gasteiger partial charge in [0.15, 0.2) is 5.11 Å². The molecule has 150 valence electrons. The number of hydrogen-bond donors (Lipinski definition) is 2. The summed E-state index contributed by atoms with van der Waals surface area (Å²) in [6, 6.07) is 14.8. The molecule has 1 saturated carbocycles. The number of nitrogens with one attached hydrogen (secondary N) is 2. The highest BCUT2D eigenvalue weighted by Gasteiger charge is 2.16. The van der Waals surface area contributed by atoms with E-state index in [2.05, 4.69) is 45.2 Å². The van der Waals surface area contributed by atoms with Gasteiger partial charge in [-0.1, -0.05) is 62.1 Å². The highest BCUT2D eigenvalue weighted by molar-refractivity contribution is 7.80. The van der Waals surface area contributed by atoms with Crippen LogP contribution in [0.15, 0.2) is 47.8 Å². The summed E-state index contributed by atoms with van der Waals surface area (Å²) in [6.45, 7) is 1.68. The van der Waals surface area contributed by atoms with Crippen LogP contribution >= 0.6 is 23.6 Å². The smallest absolute Gasteiger partial charge is 0.239 e. The first-order chi connectivity index (χ1) is 13.7. The van der Waals surface area contributed by atoms with Crippen molar-refractivity contribution in [2.75, 3.05) is 6.54 Å². The molecule has 1 aromatic carbocycles. The van der Waals surface area contributed by atoms with Gasteiger partial charge in [-0.15, -0.1) is 11.3 Å². The minimum absolute atomic E-state index is 0.0324. The van der Waals surface area contributed by atoms with Crippen molar-refractivity contribution in [1.29, 1.82) is 0 Å². The van der Waals surface area contributed by atoms with E-state index < -0.39 is 0 Å². The molecule has 0 spiro atoms. The van der Waals surface area contributed by atoms with Gasteiger partial charge in [0.2, 0.25) is 5.91 Å². The number of amides is 1. The van der Waals surface area contributed by atoms with Crippen LogP contribution in [0.2, 0.25) is 0 Å². The maximum absolute atomic E-state index is 12.4. The molecule has 2 N–H and O–H groups in total. The number of carbonyl (C=O) groups excluding carboxylic acids is 1. The highest BCUT2D eigenvalue weighted by atomic mass is 32.1. The Morgan fingerprint density at radius 1 is 1.04 bits per heavy atom. The van der Waals surface area contributed by atoms with Gasteiger partial charge in [-0.25, -0.2) is 0 Å². The molecule has 2 aromatic rings. The first kappa shape index (κ1) is 20.8. The molecule has 1 aromatic heterocycles. The molecular weight excluding hydrogens is 386 g/mol. The van der Waals surface area contributed by atoms with Crippen LogP contribution in [0.3, 0.4) is 0 Å². The second-order valence-electron chi connectivity index (χ2n) is 7.34. The fourth-order valence-corrected chi connectivity index (χ4v) is 4.48. The number of benzene rings is 1. The Labute approximate surface area is 177 Å². The number of hydrogen-bond acceptors (Lipinski definition) is 3. The zero-order valence-corrected chi connectivity index (χ0v) is 17.9. The monoisotopic (exact) mass is 415 g/mol. The number of thiocarbonyl (C=S) groups is 1. The standard InChI is InChI=1S/C22H29N3OS2/c26-21(24-19-11-6-1-2-7-12-19)15-23-22(27)25(17-20-13-8-14-28-20)16-18-9-4-3-5-10-18/h3-5,8-10,13-14,19H,1-2,6-7,11-12,15-17H2,(H,23,27)(H,24,26). The van der Waals surface area contributed by atoms with Crippen molar-refractivity contribution in [3.8, 4) is 0 Å². The topological polar surface area (TPSA) is 44.4 Å². The van der Waals surface area contributed by atoms with Crippen LogP contribution in [0, 0.1) is 0 Å². The zero-order chi connectivity index (χ0) is 19.6. The molecule has 0 saturated heterocycles. The lowest BCUT2D eigenvalue weighted by atomic mass is 10.1. The van der Waals surface area contributed by atoms with Crippen molar-refractivity contribution in [3.63, 3.8) is 0 Å². The first-order valence-corrected chi connectivity index (χ1v) is 11.4. The fourth-order valence-electron chi connectivity index (χ4n) is 3.56. The number of rotatable bonds is 7. The molecule has 0 atom stereocenters. The molecule has 0 bridgehead atoms. The van der Waals surface area contributed by atoms with Gasteiger partial charge in [-0.05, 0) is 42.1 Å². The van der Waals surface area contributed by atoms with Gasteiger partial charge in [-0.3, -0.25) is 4.79 Å². The Bertz CT molecular complexity index is 726. The van der Waals surface area contributed by atoms with Gasteiger partial charge in [0, 0.05) is 17.5 Å². The van der Waals surface area contributed by atoms with Crippen LogP contribution < -0.4 is 10.6 Å².